The molecule has 27 heavy (non-hydrogen) atoms. The molecule has 1 unspecified atom stereocenters. The molecule has 1 amide bonds. The molecule has 1 aliphatic heterocycles. The van der Waals surface area contributed by atoms with Crippen LogP contribution in [-0.2, 0) is 12.0 Å². The largest absolute Gasteiger partial charge is 0.383 e. The maximum atomic E-state index is 13.3. The number of rotatable bonds is 3. The van der Waals surface area contributed by atoms with E-state index in [0.717, 1.165) is 16.8 Å². The molecular formula is C21H23N3O3. The SMILES string of the molecule is CCc1cc(C(=O)N2CCC(O)(c3ccc(C)cc3)C2)c2c(C)noc2n1. The summed E-state index contributed by atoms with van der Waals surface area (Å²) in [6, 6.07) is 9.66. The molecule has 0 radical (unpaired) electrons. The number of aromatic nitrogens is 2. The zero-order chi connectivity index (χ0) is 19.2. The number of hydrogen-bond donors (Lipinski definition) is 1. The summed E-state index contributed by atoms with van der Waals surface area (Å²) in [7, 11) is 0. The van der Waals surface area contributed by atoms with Gasteiger partial charge in [0.15, 0.2) is 0 Å². The van der Waals surface area contributed by atoms with Crippen LogP contribution in [0.4, 0.5) is 0 Å². The Balaban J connectivity index is 1.67. The van der Waals surface area contributed by atoms with Crippen LogP contribution in [0.5, 0.6) is 0 Å². The van der Waals surface area contributed by atoms with Gasteiger partial charge in [-0.3, -0.25) is 4.79 Å². The highest BCUT2D eigenvalue weighted by Gasteiger charge is 2.40. The fourth-order valence-corrected chi connectivity index (χ4v) is 3.73. The van der Waals surface area contributed by atoms with E-state index >= 15 is 0 Å². The third-order valence-electron chi connectivity index (χ3n) is 5.39. The minimum atomic E-state index is -1.02. The number of aryl methyl sites for hydroxylation is 3. The fourth-order valence-electron chi connectivity index (χ4n) is 3.73. The number of fused-ring (bicyclic) bond motifs is 1. The van der Waals surface area contributed by atoms with Gasteiger partial charge < -0.3 is 14.5 Å². The van der Waals surface area contributed by atoms with E-state index in [9.17, 15) is 9.90 Å². The number of aliphatic hydroxyl groups is 1. The molecule has 0 bridgehead atoms. The van der Waals surface area contributed by atoms with Crippen molar-refractivity contribution >= 4 is 17.0 Å². The van der Waals surface area contributed by atoms with Crippen molar-refractivity contribution in [3.8, 4) is 0 Å². The molecule has 3 aromatic rings. The molecule has 1 aromatic carbocycles. The predicted molar refractivity (Wildman–Crippen MR) is 102 cm³/mol. The van der Waals surface area contributed by atoms with Gasteiger partial charge in [0.1, 0.15) is 5.60 Å². The molecule has 0 spiro atoms. The first kappa shape index (κ1) is 17.7. The summed E-state index contributed by atoms with van der Waals surface area (Å²) >= 11 is 0. The summed E-state index contributed by atoms with van der Waals surface area (Å²) < 4.78 is 5.28. The highest BCUT2D eigenvalue weighted by atomic mass is 16.5. The molecule has 1 saturated heterocycles. The van der Waals surface area contributed by atoms with Crippen LogP contribution in [0.1, 0.15) is 46.2 Å². The van der Waals surface area contributed by atoms with Crippen molar-refractivity contribution in [1.82, 2.24) is 15.0 Å². The lowest BCUT2D eigenvalue weighted by molar-refractivity contribution is 0.0418. The molecule has 0 aliphatic carbocycles. The average molecular weight is 365 g/mol. The van der Waals surface area contributed by atoms with Gasteiger partial charge in [-0.1, -0.05) is 41.9 Å². The van der Waals surface area contributed by atoms with E-state index in [1.807, 2.05) is 51.1 Å². The van der Waals surface area contributed by atoms with Gasteiger partial charge in [-0.25, -0.2) is 4.98 Å². The van der Waals surface area contributed by atoms with Crippen molar-refractivity contribution < 1.29 is 14.4 Å². The van der Waals surface area contributed by atoms with E-state index in [2.05, 4.69) is 10.1 Å². The van der Waals surface area contributed by atoms with E-state index in [-0.39, 0.29) is 12.5 Å². The zero-order valence-corrected chi connectivity index (χ0v) is 15.8. The van der Waals surface area contributed by atoms with Crippen molar-refractivity contribution in [2.45, 2.75) is 39.2 Å². The first-order valence-electron chi connectivity index (χ1n) is 9.26. The van der Waals surface area contributed by atoms with Gasteiger partial charge in [0, 0.05) is 12.2 Å². The Hall–Kier alpha value is -2.73. The number of benzene rings is 1. The number of β-amino-alcohol motifs (C(OH)–C–C–N with tert-alkyl or cyclic N) is 1. The average Bonchev–Trinajstić information content (AvgIpc) is 3.25. The number of carbonyl (C=O) groups is 1. The van der Waals surface area contributed by atoms with Gasteiger partial charge in [-0.15, -0.1) is 0 Å². The van der Waals surface area contributed by atoms with Crippen LogP contribution >= 0.6 is 0 Å². The minimum absolute atomic E-state index is 0.119. The first-order chi connectivity index (χ1) is 12.9. The number of likely N-dealkylation sites (tertiary alicyclic amines) is 1. The van der Waals surface area contributed by atoms with Gasteiger partial charge in [0.2, 0.25) is 0 Å². The third kappa shape index (κ3) is 3.00. The third-order valence-corrected chi connectivity index (χ3v) is 5.39. The summed E-state index contributed by atoms with van der Waals surface area (Å²) in [4.78, 5) is 19.4. The van der Waals surface area contributed by atoms with Crippen LogP contribution in [0.15, 0.2) is 34.9 Å². The quantitative estimate of drug-likeness (QED) is 0.771. The van der Waals surface area contributed by atoms with Gasteiger partial charge in [0.05, 0.1) is 23.2 Å². The lowest BCUT2D eigenvalue weighted by Crippen LogP contribution is -2.34. The van der Waals surface area contributed by atoms with Gasteiger partial charge >= 0.3 is 0 Å². The maximum absolute atomic E-state index is 13.3. The van der Waals surface area contributed by atoms with Crippen molar-refractivity contribution in [2.24, 2.45) is 0 Å². The second-order valence-corrected chi connectivity index (χ2v) is 7.34. The van der Waals surface area contributed by atoms with Gasteiger partial charge in [-0.2, -0.15) is 0 Å². The lowest BCUT2D eigenvalue weighted by Gasteiger charge is -2.24. The van der Waals surface area contributed by atoms with E-state index < -0.39 is 5.60 Å². The fraction of sp³-hybridized carbons (Fsp3) is 0.381. The van der Waals surface area contributed by atoms with Crippen LogP contribution in [0, 0.1) is 13.8 Å². The molecule has 1 fully saturated rings. The number of hydrogen-bond acceptors (Lipinski definition) is 5. The van der Waals surface area contributed by atoms with Crippen molar-refractivity contribution in [3.05, 3.63) is 58.4 Å². The minimum Gasteiger partial charge on any atom is -0.383 e. The normalized spacial score (nSPS) is 19.8. The summed E-state index contributed by atoms with van der Waals surface area (Å²) in [5.41, 5.74) is 3.34. The van der Waals surface area contributed by atoms with Gasteiger partial charge in [-0.05, 0) is 38.3 Å². The van der Waals surface area contributed by atoms with E-state index in [0.29, 0.717) is 41.7 Å². The molecule has 6 heteroatoms. The zero-order valence-electron chi connectivity index (χ0n) is 15.8. The molecule has 2 aromatic heterocycles. The maximum Gasteiger partial charge on any atom is 0.258 e. The summed E-state index contributed by atoms with van der Waals surface area (Å²) in [5.74, 6) is -0.119. The smallest absolute Gasteiger partial charge is 0.258 e. The summed E-state index contributed by atoms with van der Waals surface area (Å²) in [5, 5.41) is 15.7. The van der Waals surface area contributed by atoms with Crippen LogP contribution in [-0.4, -0.2) is 39.1 Å². The van der Waals surface area contributed by atoms with Crippen molar-refractivity contribution in [2.75, 3.05) is 13.1 Å². The van der Waals surface area contributed by atoms with Crippen molar-refractivity contribution in [1.29, 1.82) is 0 Å². The summed E-state index contributed by atoms with van der Waals surface area (Å²) in [6.45, 7) is 6.57. The Kier molecular flexibility index (Phi) is 4.23. The van der Waals surface area contributed by atoms with Crippen molar-refractivity contribution in [3.63, 3.8) is 0 Å². The molecule has 3 heterocycles. The second-order valence-electron chi connectivity index (χ2n) is 7.34. The summed E-state index contributed by atoms with van der Waals surface area (Å²) in [6.07, 6.45) is 1.21. The topological polar surface area (TPSA) is 79.5 Å². The molecule has 4 rings (SSSR count). The number of pyridine rings is 1. The lowest BCUT2D eigenvalue weighted by atomic mass is 9.92. The molecule has 140 valence electrons. The Bertz CT molecular complexity index is 1010. The molecular weight excluding hydrogens is 342 g/mol. The monoisotopic (exact) mass is 365 g/mol. The highest BCUT2D eigenvalue weighted by Crippen LogP contribution is 2.34. The van der Waals surface area contributed by atoms with Crippen LogP contribution in [0.3, 0.4) is 0 Å². The second kappa shape index (κ2) is 6.46. The Morgan fingerprint density at radius 1 is 1.30 bits per heavy atom. The Morgan fingerprint density at radius 3 is 2.74 bits per heavy atom. The number of amides is 1. The Morgan fingerprint density at radius 2 is 2.04 bits per heavy atom. The highest BCUT2D eigenvalue weighted by molar-refractivity contribution is 6.06. The van der Waals surface area contributed by atoms with Crippen LogP contribution in [0.2, 0.25) is 0 Å². The predicted octanol–water partition coefficient (Wildman–Crippen LogP) is 3.14. The van der Waals surface area contributed by atoms with Crippen LogP contribution in [0.25, 0.3) is 11.1 Å². The molecule has 0 saturated carbocycles. The Labute approximate surface area is 157 Å². The molecule has 6 nitrogen and oxygen atoms in total. The van der Waals surface area contributed by atoms with E-state index in [1.165, 1.54) is 0 Å². The van der Waals surface area contributed by atoms with E-state index in [4.69, 9.17) is 4.52 Å². The van der Waals surface area contributed by atoms with E-state index in [1.54, 1.807) is 4.90 Å². The molecule has 1 aliphatic rings. The first-order valence-corrected chi connectivity index (χ1v) is 9.26. The molecule has 1 N–H and O–H groups in total. The molecule has 1 atom stereocenters. The standard InChI is InChI=1S/C21H23N3O3/c1-4-16-11-17(18-14(3)23-27-19(18)22-16)20(25)24-10-9-21(26,12-24)15-7-5-13(2)6-8-15/h5-8,11,26H,4,9-10,12H2,1-3H3. The number of nitrogens with zero attached hydrogens (tertiary/aromatic N) is 3. The van der Waals surface area contributed by atoms with Crippen LogP contribution < -0.4 is 0 Å². The van der Waals surface area contributed by atoms with Gasteiger partial charge in [0.25, 0.3) is 11.6 Å². The number of carbonyl (C=O) groups excluding carboxylic acids is 1.